The summed E-state index contributed by atoms with van der Waals surface area (Å²) in [5.41, 5.74) is -0.0940. The van der Waals surface area contributed by atoms with E-state index in [4.69, 9.17) is 20.2 Å². The average Bonchev–Trinajstić information content (AvgIpc) is 2.31. The third kappa shape index (κ3) is 7.04. The standard InChI is InChI=1S/C10H11BrClNO6S/c11-8-5-9(13(14)15)7-10(6-8)19-2-1-18-3-4-20(12,16)17/h5-7H,1-4H2. The first-order valence-electron chi connectivity index (χ1n) is 5.36. The van der Waals surface area contributed by atoms with Crippen molar-refractivity contribution in [2.24, 2.45) is 0 Å². The van der Waals surface area contributed by atoms with Gasteiger partial charge in [0.25, 0.3) is 5.69 Å². The summed E-state index contributed by atoms with van der Waals surface area (Å²) in [6.07, 6.45) is 0. The minimum absolute atomic E-state index is 0.0339. The molecule has 0 saturated carbocycles. The van der Waals surface area contributed by atoms with Crippen LogP contribution in [0.4, 0.5) is 5.69 Å². The fourth-order valence-electron chi connectivity index (χ4n) is 1.22. The third-order valence-corrected chi connectivity index (χ3v) is 3.61. The number of hydrogen-bond acceptors (Lipinski definition) is 6. The highest BCUT2D eigenvalue weighted by atomic mass is 79.9. The van der Waals surface area contributed by atoms with E-state index in [9.17, 15) is 18.5 Å². The molecule has 0 radical (unpaired) electrons. The SMILES string of the molecule is O=[N+]([O-])c1cc(Br)cc(OCCOCCS(=O)(=O)Cl)c1. The van der Waals surface area contributed by atoms with Crippen molar-refractivity contribution >= 4 is 41.4 Å². The molecule has 0 heterocycles. The molecule has 0 spiro atoms. The van der Waals surface area contributed by atoms with Gasteiger partial charge in [0.15, 0.2) is 0 Å². The molecule has 1 rings (SSSR count). The van der Waals surface area contributed by atoms with Crippen molar-refractivity contribution in [3.8, 4) is 5.75 Å². The highest BCUT2D eigenvalue weighted by molar-refractivity contribution is 9.10. The van der Waals surface area contributed by atoms with Crippen LogP contribution in [0.5, 0.6) is 5.75 Å². The normalized spacial score (nSPS) is 11.3. The van der Waals surface area contributed by atoms with E-state index in [1.165, 1.54) is 12.1 Å². The molecule has 112 valence electrons. The molecule has 0 saturated heterocycles. The van der Waals surface area contributed by atoms with Crippen molar-refractivity contribution in [2.75, 3.05) is 25.6 Å². The Morgan fingerprint density at radius 3 is 2.55 bits per heavy atom. The van der Waals surface area contributed by atoms with Crippen molar-refractivity contribution in [1.29, 1.82) is 0 Å². The Bertz CT molecular complexity index is 579. The molecule has 0 N–H and O–H groups in total. The molecule has 0 bridgehead atoms. The second-order valence-electron chi connectivity index (χ2n) is 3.61. The van der Waals surface area contributed by atoms with Gasteiger partial charge in [-0.3, -0.25) is 10.1 Å². The van der Waals surface area contributed by atoms with Crippen LogP contribution in [0, 0.1) is 10.1 Å². The number of nitro benzene ring substituents is 1. The molecule has 0 aromatic heterocycles. The predicted molar refractivity (Wildman–Crippen MR) is 76.8 cm³/mol. The highest BCUT2D eigenvalue weighted by Gasteiger charge is 2.09. The van der Waals surface area contributed by atoms with E-state index in [0.29, 0.717) is 10.2 Å². The summed E-state index contributed by atoms with van der Waals surface area (Å²) in [6, 6.07) is 4.22. The minimum atomic E-state index is -3.56. The number of rotatable bonds is 8. The van der Waals surface area contributed by atoms with Crippen molar-refractivity contribution < 1.29 is 22.8 Å². The Morgan fingerprint density at radius 2 is 1.95 bits per heavy atom. The molecule has 0 aliphatic rings. The van der Waals surface area contributed by atoms with E-state index in [2.05, 4.69) is 15.9 Å². The lowest BCUT2D eigenvalue weighted by molar-refractivity contribution is -0.385. The Morgan fingerprint density at radius 1 is 1.25 bits per heavy atom. The Labute approximate surface area is 128 Å². The maximum absolute atomic E-state index is 10.6. The first-order valence-corrected chi connectivity index (χ1v) is 8.63. The van der Waals surface area contributed by atoms with Gasteiger partial charge in [-0.25, -0.2) is 8.42 Å². The van der Waals surface area contributed by atoms with Crippen LogP contribution in [0.1, 0.15) is 0 Å². The fourth-order valence-corrected chi connectivity index (χ4v) is 2.18. The molecule has 20 heavy (non-hydrogen) atoms. The number of ether oxygens (including phenoxy) is 2. The molecule has 1 aromatic rings. The zero-order valence-electron chi connectivity index (χ0n) is 10.1. The smallest absolute Gasteiger partial charge is 0.274 e. The lowest BCUT2D eigenvalue weighted by Crippen LogP contribution is -2.12. The third-order valence-electron chi connectivity index (χ3n) is 2.03. The average molecular weight is 389 g/mol. The lowest BCUT2D eigenvalue weighted by atomic mass is 10.3. The van der Waals surface area contributed by atoms with E-state index in [1.54, 1.807) is 6.07 Å². The molecule has 0 atom stereocenters. The van der Waals surface area contributed by atoms with Gasteiger partial charge in [-0.1, -0.05) is 15.9 Å². The van der Waals surface area contributed by atoms with Crippen molar-refractivity contribution in [2.45, 2.75) is 0 Å². The molecule has 0 aliphatic carbocycles. The molecule has 0 amide bonds. The quantitative estimate of drug-likeness (QED) is 0.293. The zero-order valence-corrected chi connectivity index (χ0v) is 13.3. The first kappa shape index (κ1) is 17.2. The van der Waals surface area contributed by atoms with Crippen LogP contribution in [0.2, 0.25) is 0 Å². The van der Waals surface area contributed by atoms with E-state index in [-0.39, 0.29) is 31.3 Å². The predicted octanol–water partition coefficient (Wildman–Crippen LogP) is 2.32. The van der Waals surface area contributed by atoms with Gasteiger partial charge in [0.1, 0.15) is 12.4 Å². The second kappa shape index (κ2) is 7.77. The van der Waals surface area contributed by atoms with Gasteiger partial charge >= 0.3 is 0 Å². The van der Waals surface area contributed by atoms with E-state index in [0.717, 1.165) is 0 Å². The van der Waals surface area contributed by atoms with Gasteiger partial charge in [0.2, 0.25) is 9.05 Å². The largest absolute Gasteiger partial charge is 0.491 e. The first-order chi connectivity index (χ1) is 9.28. The number of nitrogens with zero attached hydrogens (tertiary/aromatic N) is 1. The van der Waals surface area contributed by atoms with Crippen LogP contribution >= 0.6 is 26.6 Å². The molecular formula is C10H11BrClNO6S. The minimum Gasteiger partial charge on any atom is -0.491 e. The van der Waals surface area contributed by atoms with Gasteiger partial charge in [-0.15, -0.1) is 0 Å². The molecule has 7 nitrogen and oxygen atoms in total. The number of nitro groups is 1. The molecule has 0 unspecified atom stereocenters. The van der Waals surface area contributed by atoms with Gasteiger partial charge in [0.05, 0.1) is 30.0 Å². The summed E-state index contributed by atoms with van der Waals surface area (Å²) >= 11 is 3.14. The van der Waals surface area contributed by atoms with Crippen molar-refractivity contribution in [1.82, 2.24) is 0 Å². The van der Waals surface area contributed by atoms with Crippen LogP contribution in [-0.2, 0) is 13.8 Å². The fraction of sp³-hybridized carbons (Fsp3) is 0.400. The van der Waals surface area contributed by atoms with Gasteiger partial charge in [0, 0.05) is 21.2 Å². The van der Waals surface area contributed by atoms with Crippen LogP contribution in [-0.4, -0.2) is 38.9 Å². The molecule has 1 aromatic carbocycles. The van der Waals surface area contributed by atoms with Gasteiger partial charge < -0.3 is 9.47 Å². The van der Waals surface area contributed by atoms with Gasteiger partial charge in [-0.05, 0) is 6.07 Å². The van der Waals surface area contributed by atoms with Crippen LogP contribution in [0.3, 0.4) is 0 Å². The summed E-state index contributed by atoms with van der Waals surface area (Å²) in [4.78, 5) is 10.1. The van der Waals surface area contributed by atoms with Crippen molar-refractivity contribution in [3.63, 3.8) is 0 Å². The molecular weight excluding hydrogens is 378 g/mol. The number of halogens is 2. The summed E-state index contributed by atoms with van der Waals surface area (Å²) in [6.45, 7) is 0.247. The van der Waals surface area contributed by atoms with Gasteiger partial charge in [-0.2, -0.15) is 0 Å². The number of hydrogen-bond donors (Lipinski definition) is 0. The highest BCUT2D eigenvalue weighted by Crippen LogP contribution is 2.25. The monoisotopic (exact) mass is 387 g/mol. The summed E-state index contributed by atoms with van der Waals surface area (Å²) in [7, 11) is 1.44. The maximum Gasteiger partial charge on any atom is 0.274 e. The summed E-state index contributed by atoms with van der Waals surface area (Å²) < 4.78 is 32.0. The number of non-ortho nitro benzene ring substituents is 1. The molecule has 0 fully saturated rings. The lowest BCUT2D eigenvalue weighted by Gasteiger charge is -2.07. The number of benzene rings is 1. The molecule has 10 heteroatoms. The van der Waals surface area contributed by atoms with Crippen LogP contribution in [0.25, 0.3) is 0 Å². The Balaban J connectivity index is 2.37. The van der Waals surface area contributed by atoms with E-state index < -0.39 is 14.0 Å². The van der Waals surface area contributed by atoms with Crippen LogP contribution in [0.15, 0.2) is 22.7 Å². The summed E-state index contributed by atoms with van der Waals surface area (Å²) in [5.74, 6) is 0.0383. The Hall–Kier alpha value is -0.900. The van der Waals surface area contributed by atoms with E-state index >= 15 is 0 Å². The zero-order chi connectivity index (χ0) is 15.2. The Kier molecular flexibility index (Phi) is 6.66. The van der Waals surface area contributed by atoms with E-state index in [1.807, 2.05) is 0 Å². The summed E-state index contributed by atoms with van der Waals surface area (Å²) in [5, 5.41) is 10.6. The maximum atomic E-state index is 10.6. The topological polar surface area (TPSA) is 95.7 Å². The van der Waals surface area contributed by atoms with Crippen molar-refractivity contribution in [3.05, 3.63) is 32.8 Å². The van der Waals surface area contributed by atoms with Crippen LogP contribution < -0.4 is 4.74 Å². The second-order valence-corrected chi connectivity index (χ2v) is 7.42. The molecule has 0 aliphatic heterocycles.